The maximum atomic E-state index is 12.1. The van der Waals surface area contributed by atoms with Crippen molar-refractivity contribution in [1.29, 1.82) is 0 Å². The first-order chi connectivity index (χ1) is 9.14. The molecule has 0 aromatic carbocycles. The van der Waals surface area contributed by atoms with Crippen LogP contribution in [0.15, 0.2) is 6.07 Å². The maximum Gasteiger partial charge on any atom is 0.574 e. The zero-order valence-corrected chi connectivity index (χ0v) is 11.9. The smallest absolute Gasteiger partial charge is 0.469 e. The summed E-state index contributed by atoms with van der Waals surface area (Å²) in [5, 5.41) is 10.9. The molecule has 1 aromatic rings. The molecule has 0 spiro atoms. The Hall–Kier alpha value is -1.66. The molecule has 0 unspecified atom stereocenters. The van der Waals surface area contributed by atoms with Gasteiger partial charge >= 0.3 is 18.0 Å². The zero-order valence-electron chi connectivity index (χ0n) is 9.73. The lowest BCUT2D eigenvalue weighted by molar-refractivity contribution is -0.387. The first kappa shape index (κ1) is 16.4. The number of hydrogen-bond acceptors (Lipinski definition) is 6. The fourth-order valence-electron chi connectivity index (χ4n) is 1.23. The van der Waals surface area contributed by atoms with Crippen molar-refractivity contribution in [3.63, 3.8) is 0 Å². The van der Waals surface area contributed by atoms with Gasteiger partial charge in [0.15, 0.2) is 0 Å². The van der Waals surface area contributed by atoms with E-state index in [1.807, 2.05) is 0 Å². The molecule has 0 saturated heterocycles. The van der Waals surface area contributed by atoms with Gasteiger partial charge in [0.2, 0.25) is 5.88 Å². The molecule has 11 heteroatoms. The van der Waals surface area contributed by atoms with E-state index in [0.717, 1.165) is 13.2 Å². The number of pyridine rings is 1. The quantitative estimate of drug-likeness (QED) is 0.330. The van der Waals surface area contributed by atoms with Gasteiger partial charge in [0.1, 0.15) is 5.69 Å². The SMILES string of the molecule is COC(=O)Cc1nc(OC(F)(F)F)cc(I)c1[N+](=O)[O-]. The molecule has 0 N–H and O–H groups in total. The summed E-state index contributed by atoms with van der Waals surface area (Å²) in [5.74, 6) is -1.76. The van der Waals surface area contributed by atoms with Crippen LogP contribution in [-0.4, -0.2) is 29.3 Å². The molecule has 0 fully saturated rings. The van der Waals surface area contributed by atoms with E-state index in [1.54, 1.807) is 0 Å². The molecule has 0 atom stereocenters. The lowest BCUT2D eigenvalue weighted by Crippen LogP contribution is -2.19. The second-order valence-electron chi connectivity index (χ2n) is 3.30. The van der Waals surface area contributed by atoms with Crippen LogP contribution in [0, 0.1) is 13.7 Å². The molecule has 0 aliphatic carbocycles. The predicted octanol–water partition coefficient (Wildman–Crippen LogP) is 2.21. The third-order valence-electron chi connectivity index (χ3n) is 1.94. The summed E-state index contributed by atoms with van der Waals surface area (Å²) >= 11 is 1.46. The number of ether oxygens (including phenoxy) is 2. The van der Waals surface area contributed by atoms with E-state index in [0.29, 0.717) is 0 Å². The molecule has 0 bridgehead atoms. The Balaban J connectivity index is 3.28. The normalized spacial score (nSPS) is 11.1. The standard InChI is InChI=1S/C9H6F3IN2O5/c1-19-7(16)3-5-8(15(17)18)4(13)2-6(14-5)20-9(10,11)12/h2H,3H2,1H3. The predicted molar refractivity (Wildman–Crippen MR) is 66.0 cm³/mol. The fourth-order valence-corrected chi connectivity index (χ4v) is 2.00. The van der Waals surface area contributed by atoms with E-state index in [4.69, 9.17) is 0 Å². The Morgan fingerprint density at radius 1 is 1.55 bits per heavy atom. The first-order valence-corrected chi connectivity index (χ1v) is 5.88. The molecule has 1 rings (SSSR count). The Morgan fingerprint density at radius 3 is 2.60 bits per heavy atom. The number of halogens is 4. The van der Waals surface area contributed by atoms with Gasteiger partial charge in [-0.1, -0.05) is 0 Å². The second kappa shape index (κ2) is 6.19. The second-order valence-corrected chi connectivity index (χ2v) is 4.46. The molecule has 1 aromatic heterocycles. The zero-order chi connectivity index (χ0) is 15.5. The van der Waals surface area contributed by atoms with Crippen molar-refractivity contribution in [2.75, 3.05) is 7.11 Å². The van der Waals surface area contributed by atoms with Crippen LogP contribution < -0.4 is 4.74 Å². The van der Waals surface area contributed by atoms with E-state index in [9.17, 15) is 28.1 Å². The molecule has 0 radical (unpaired) electrons. The van der Waals surface area contributed by atoms with Crippen LogP contribution in [0.5, 0.6) is 5.88 Å². The van der Waals surface area contributed by atoms with Crippen LogP contribution in [0.1, 0.15) is 5.69 Å². The average molecular weight is 406 g/mol. The van der Waals surface area contributed by atoms with Crippen molar-refractivity contribution >= 4 is 34.2 Å². The molecule has 1 heterocycles. The molecule has 0 amide bonds. The number of esters is 1. The summed E-state index contributed by atoms with van der Waals surface area (Å²) in [7, 11) is 1.04. The molecule has 7 nitrogen and oxygen atoms in total. The van der Waals surface area contributed by atoms with E-state index >= 15 is 0 Å². The highest BCUT2D eigenvalue weighted by Crippen LogP contribution is 2.30. The Morgan fingerprint density at radius 2 is 2.15 bits per heavy atom. The Kier molecular flexibility index (Phi) is 5.08. The van der Waals surface area contributed by atoms with Crippen LogP contribution in [0.4, 0.5) is 18.9 Å². The highest BCUT2D eigenvalue weighted by Gasteiger charge is 2.33. The molecule has 110 valence electrons. The average Bonchev–Trinajstić information content (AvgIpc) is 2.24. The molecular formula is C9H6F3IN2O5. The van der Waals surface area contributed by atoms with E-state index in [-0.39, 0.29) is 3.57 Å². The minimum absolute atomic E-state index is 0.138. The summed E-state index contributed by atoms with van der Waals surface area (Å²) in [6.07, 6.45) is -5.63. The number of alkyl halides is 3. The number of nitro groups is 1. The van der Waals surface area contributed by atoms with Gasteiger partial charge in [-0.2, -0.15) is 0 Å². The van der Waals surface area contributed by atoms with Gasteiger partial charge in [-0.25, -0.2) is 4.98 Å². The van der Waals surface area contributed by atoms with E-state index in [2.05, 4.69) is 14.5 Å². The third-order valence-corrected chi connectivity index (χ3v) is 2.76. The monoisotopic (exact) mass is 406 g/mol. The molecule has 20 heavy (non-hydrogen) atoms. The largest absolute Gasteiger partial charge is 0.574 e. The van der Waals surface area contributed by atoms with Crippen molar-refractivity contribution in [2.45, 2.75) is 12.8 Å². The van der Waals surface area contributed by atoms with Gasteiger partial charge in [-0.15, -0.1) is 13.2 Å². The summed E-state index contributed by atoms with van der Waals surface area (Å²) in [4.78, 5) is 24.5. The molecule has 0 saturated carbocycles. The van der Waals surface area contributed by atoms with Crippen LogP contribution in [-0.2, 0) is 16.0 Å². The van der Waals surface area contributed by atoms with Crippen LogP contribution in [0.25, 0.3) is 0 Å². The van der Waals surface area contributed by atoms with Crippen molar-refractivity contribution < 1.29 is 32.4 Å². The molecule has 0 aliphatic heterocycles. The maximum absolute atomic E-state index is 12.1. The van der Waals surface area contributed by atoms with Gasteiger partial charge in [-0.05, 0) is 22.6 Å². The van der Waals surface area contributed by atoms with Gasteiger partial charge in [-0.3, -0.25) is 14.9 Å². The highest BCUT2D eigenvalue weighted by molar-refractivity contribution is 14.1. The van der Waals surface area contributed by atoms with E-state index < -0.39 is 40.9 Å². The highest BCUT2D eigenvalue weighted by atomic mass is 127. The van der Waals surface area contributed by atoms with Crippen LogP contribution in [0.3, 0.4) is 0 Å². The molecular weight excluding hydrogens is 400 g/mol. The number of aromatic nitrogens is 1. The minimum Gasteiger partial charge on any atom is -0.469 e. The van der Waals surface area contributed by atoms with Crippen molar-refractivity contribution in [3.05, 3.63) is 25.4 Å². The number of methoxy groups -OCH3 is 1. The number of carbonyl (C=O) groups excluding carboxylic acids is 1. The topological polar surface area (TPSA) is 91.6 Å². The number of rotatable bonds is 4. The third kappa shape index (κ3) is 4.47. The number of nitrogens with zero attached hydrogens (tertiary/aromatic N) is 2. The minimum atomic E-state index is -4.99. The lowest BCUT2D eigenvalue weighted by Gasteiger charge is -2.10. The summed E-state index contributed by atoms with van der Waals surface area (Å²) < 4.78 is 44.1. The summed E-state index contributed by atoms with van der Waals surface area (Å²) in [6, 6.07) is 0.757. The lowest BCUT2D eigenvalue weighted by atomic mass is 10.2. The first-order valence-electron chi connectivity index (χ1n) is 4.80. The van der Waals surface area contributed by atoms with E-state index in [1.165, 1.54) is 22.6 Å². The van der Waals surface area contributed by atoms with Gasteiger partial charge < -0.3 is 9.47 Å². The summed E-state index contributed by atoms with van der Waals surface area (Å²) in [6.45, 7) is 0. The Bertz CT molecular complexity index is 549. The fraction of sp³-hybridized carbons (Fsp3) is 0.333. The number of hydrogen-bond donors (Lipinski definition) is 0. The van der Waals surface area contributed by atoms with Gasteiger partial charge in [0.05, 0.1) is 22.0 Å². The number of carbonyl (C=O) groups is 1. The van der Waals surface area contributed by atoms with Crippen LogP contribution >= 0.6 is 22.6 Å². The van der Waals surface area contributed by atoms with Gasteiger partial charge in [0.25, 0.3) is 0 Å². The van der Waals surface area contributed by atoms with Crippen molar-refractivity contribution in [1.82, 2.24) is 4.98 Å². The summed E-state index contributed by atoms with van der Waals surface area (Å²) in [5.41, 5.74) is -1.03. The van der Waals surface area contributed by atoms with Crippen molar-refractivity contribution in [2.24, 2.45) is 0 Å². The molecule has 0 aliphatic rings. The van der Waals surface area contributed by atoms with Gasteiger partial charge in [0, 0.05) is 6.07 Å². The Labute approximate surface area is 123 Å². The van der Waals surface area contributed by atoms with Crippen molar-refractivity contribution in [3.8, 4) is 5.88 Å². The van der Waals surface area contributed by atoms with Crippen LogP contribution in [0.2, 0.25) is 0 Å².